The molecule has 0 radical (unpaired) electrons. The third-order valence-corrected chi connectivity index (χ3v) is 5.39. The van der Waals surface area contributed by atoms with Crippen LogP contribution in [0.3, 0.4) is 0 Å². The lowest BCUT2D eigenvalue weighted by Crippen LogP contribution is -2.40. The van der Waals surface area contributed by atoms with Crippen LogP contribution in [0.25, 0.3) is 0 Å². The smallest absolute Gasteiger partial charge is 0.251 e. The second-order valence-corrected chi connectivity index (χ2v) is 7.44. The molecule has 0 bridgehead atoms. The molecule has 2 aliphatic heterocycles. The van der Waals surface area contributed by atoms with Crippen LogP contribution in [0.15, 0.2) is 10.9 Å². The van der Waals surface area contributed by atoms with E-state index in [1.165, 1.54) is 32.4 Å². The van der Waals surface area contributed by atoms with Crippen LogP contribution < -0.4 is 5.56 Å². The fourth-order valence-corrected chi connectivity index (χ4v) is 4.05. The minimum Gasteiger partial charge on any atom is -0.342 e. The van der Waals surface area contributed by atoms with E-state index in [9.17, 15) is 9.59 Å². The number of rotatable bonds is 5. The van der Waals surface area contributed by atoms with Crippen molar-refractivity contribution in [2.45, 2.75) is 57.8 Å². The Morgan fingerprint density at radius 2 is 2.04 bits per heavy atom. The van der Waals surface area contributed by atoms with Crippen molar-refractivity contribution in [1.82, 2.24) is 19.8 Å². The van der Waals surface area contributed by atoms with Gasteiger partial charge in [0.1, 0.15) is 5.82 Å². The van der Waals surface area contributed by atoms with Crippen molar-refractivity contribution < 1.29 is 4.79 Å². The number of aromatic nitrogens is 2. The molecule has 25 heavy (non-hydrogen) atoms. The van der Waals surface area contributed by atoms with Gasteiger partial charge in [-0.15, -0.1) is 0 Å². The van der Waals surface area contributed by atoms with Crippen LogP contribution in [0.5, 0.6) is 0 Å². The molecule has 2 aliphatic rings. The van der Waals surface area contributed by atoms with Crippen molar-refractivity contribution in [3.63, 3.8) is 0 Å². The summed E-state index contributed by atoms with van der Waals surface area (Å²) >= 11 is 0. The van der Waals surface area contributed by atoms with E-state index in [-0.39, 0.29) is 17.4 Å². The number of H-pyrrole nitrogens is 1. The van der Waals surface area contributed by atoms with Crippen molar-refractivity contribution in [1.29, 1.82) is 0 Å². The molecule has 6 nitrogen and oxygen atoms in total. The highest BCUT2D eigenvalue weighted by Crippen LogP contribution is 2.25. The number of amides is 1. The first-order valence-corrected chi connectivity index (χ1v) is 9.70. The summed E-state index contributed by atoms with van der Waals surface area (Å²) in [6, 6.07) is 1.59. The number of hydrogen-bond acceptors (Lipinski definition) is 4. The molecular formula is C19H30N4O2. The zero-order chi connectivity index (χ0) is 17.6. The minimum atomic E-state index is -0.104. The quantitative estimate of drug-likeness (QED) is 0.886. The summed E-state index contributed by atoms with van der Waals surface area (Å²) in [5.74, 6) is 1.08. The van der Waals surface area contributed by atoms with E-state index in [4.69, 9.17) is 0 Å². The molecular weight excluding hydrogens is 316 g/mol. The highest BCUT2D eigenvalue weighted by molar-refractivity contribution is 5.76. The Balaban J connectivity index is 1.50. The van der Waals surface area contributed by atoms with Crippen LogP contribution in [0, 0.1) is 6.92 Å². The van der Waals surface area contributed by atoms with E-state index in [1.807, 2.05) is 4.90 Å². The number of nitrogens with one attached hydrogen (secondary N) is 1. The summed E-state index contributed by atoms with van der Waals surface area (Å²) in [6.07, 6.45) is 7.49. The molecule has 2 saturated heterocycles. The Bertz CT molecular complexity index is 637. The highest BCUT2D eigenvalue weighted by atomic mass is 16.2. The summed E-state index contributed by atoms with van der Waals surface area (Å²) in [6.45, 7) is 6.75. The van der Waals surface area contributed by atoms with Gasteiger partial charge in [0.25, 0.3) is 5.56 Å². The Kier molecular flexibility index (Phi) is 6.24. The van der Waals surface area contributed by atoms with Crippen LogP contribution in [0.2, 0.25) is 0 Å². The van der Waals surface area contributed by atoms with Crippen molar-refractivity contribution >= 4 is 5.91 Å². The zero-order valence-electron chi connectivity index (χ0n) is 15.3. The Morgan fingerprint density at radius 3 is 2.80 bits per heavy atom. The van der Waals surface area contributed by atoms with Crippen molar-refractivity contribution in [2.24, 2.45) is 0 Å². The normalized spacial score (nSPS) is 22.1. The molecule has 0 spiro atoms. The molecule has 1 aromatic heterocycles. The molecule has 3 rings (SSSR count). The van der Waals surface area contributed by atoms with E-state index >= 15 is 0 Å². The Hall–Kier alpha value is -1.69. The standard InChI is InChI=1S/C19H30N4O2/c1-15-20-17(13-18(24)21-15)16-7-5-12-23(14-16)19(25)8-6-11-22-9-3-2-4-10-22/h13,16H,2-12,14H2,1H3,(H,20,21,24). The van der Waals surface area contributed by atoms with Crippen LogP contribution in [0.1, 0.15) is 62.4 Å². The van der Waals surface area contributed by atoms with Gasteiger partial charge in [0.05, 0.1) is 5.69 Å². The monoisotopic (exact) mass is 346 g/mol. The molecule has 0 aliphatic carbocycles. The first-order chi connectivity index (χ1) is 12.1. The molecule has 1 aromatic rings. The first-order valence-electron chi connectivity index (χ1n) is 9.70. The topological polar surface area (TPSA) is 69.3 Å². The first kappa shape index (κ1) is 18.1. The summed E-state index contributed by atoms with van der Waals surface area (Å²) in [5, 5.41) is 0. The lowest BCUT2D eigenvalue weighted by Gasteiger charge is -2.33. The van der Waals surface area contributed by atoms with Gasteiger partial charge in [-0.05, 0) is 58.7 Å². The summed E-state index contributed by atoms with van der Waals surface area (Å²) < 4.78 is 0. The molecule has 1 atom stereocenters. The van der Waals surface area contributed by atoms with Gasteiger partial charge in [-0.25, -0.2) is 4.98 Å². The van der Waals surface area contributed by atoms with Gasteiger partial charge >= 0.3 is 0 Å². The van der Waals surface area contributed by atoms with Gasteiger partial charge < -0.3 is 14.8 Å². The van der Waals surface area contributed by atoms with Gasteiger partial charge in [-0.1, -0.05) is 6.42 Å². The van der Waals surface area contributed by atoms with Crippen molar-refractivity contribution in [3.8, 4) is 0 Å². The predicted molar refractivity (Wildman–Crippen MR) is 97.7 cm³/mol. The average molecular weight is 346 g/mol. The molecule has 0 saturated carbocycles. The average Bonchev–Trinajstić information content (AvgIpc) is 2.62. The molecule has 1 amide bonds. The van der Waals surface area contributed by atoms with E-state index in [1.54, 1.807) is 13.0 Å². The molecule has 6 heteroatoms. The lowest BCUT2D eigenvalue weighted by atomic mass is 9.94. The van der Waals surface area contributed by atoms with Gasteiger partial charge in [0, 0.05) is 31.5 Å². The SMILES string of the molecule is Cc1nc(C2CCCN(C(=O)CCCN3CCCCC3)C2)cc(=O)[nH]1. The van der Waals surface area contributed by atoms with Crippen LogP contribution in [0.4, 0.5) is 0 Å². The largest absolute Gasteiger partial charge is 0.342 e. The Morgan fingerprint density at radius 1 is 1.24 bits per heavy atom. The van der Waals surface area contributed by atoms with Crippen LogP contribution in [-0.2, 0) is 4.79 Å². The minimum absolute atomic E-state index is 0.104. The third-order valence-electron chi connectivity index (χ3n) is 5.39. The Labute approximate surface area is 149 Å². The number of carbonyl (C=O) groups is 1. The van der Waals surface area contributed by atoms with Crippen LogP contribution in [-0.4, -0.2) is 58.4 Å². The molecule has 3 heterocycles. The number of piperidine rings is 2. The molecule has 1 unspecified atom stereocenters. The fraction of sp³-hybridized carbons (Fsp3) is 0.737. The maximum absolute atomic E-state index is 12.6. The zero-order valence-corrected chi connectivity index (χ0v) is 15.3. The van der Waals surface area contributed by atoms with Gasteiger partial charge in [0.15, 0.2) is 0 Å². The number of carbonyl (C=O) groups excluding carboxylic acids is 1. The number of likely N-dealkylation sites (tertiary alicyclic amines) is 2. The molecule has 0 aromatic carbocycles. The lowest BCUT2D eigenvalue weighted by molar-refractivity contribution is -0.132. The van der Waals surface area contributed by atoms with Crippen LogP contribution >= 0.6 is 0 Å². The highest BCUT2D eigenvalue weighted by Gasteiger charge is 2.26. The summed E-state index contributed by atoms with van der Waals surface area (Å²) in [4.78, 5) is 35.9. The second-order valence-electron chi connectivity index (χ2n) is 7.44. The number of aromatic amines is 1. The second kappa shape index (κ2) is 8.61. The number of hydrogen-bond donors (Lipinski definition) is 1. The predicted octanol–water partition coefficient (Wildman–Crippen LogP) is 2.05. The van der Waals surface area contributed by atoms with Gasteiger partial charge in [-0.3, -0.25) is 9.59 Å². The van der Waals surface area contributed by atoms with E-state index in [0.717, 1.165) is 38.0 Å². The maximum atomic E-state index is 12.6. The number of aryl methyl sites for hydroxylation is 1. The van der Waals surface area contributed by atoms with Crippen molar-refractivity contribution in [2.75, 3.05) is 32.7 Å². The van der Waals surface area contributed by atoms with Gasteiger partial charge in [0.2, 0.25) is 5.91 Å². The maximum Gasteiger partial charge on any atom is 0.251 e. The van der Waals surface area contributed by atoms with Gasteiger partial charge in [-0.2, -0.15) is 0 Å². The van der Waals surface area contributed by atoms with E-state index in [0.29, 0.717) is 18.8 Å². The third kappa shape index (κ3) is 5.14. The number of nitrogens with zero attached hydrogens (tertiary/aromatic N) is 3. The molecule has 2 fully saturated rings. The molecule has 138 valence electrons. The van der Waals surface area contributed by atoms with Crippen molar-refractivity contribution in [3.05, 3.63) is 27.9 Å². The summed E-state index contributed by atoms with van der Waals surface area (Å²) in [5.41, 5.74) is 0.722. The molecule has 1 N–H and O–H groups in total. The van der Waals surface area contributed by atoms with E-state index < -0.39 is 0 Å². The summed E-state index contributed by atoms with van der Waals surface area (Å²) in [7, 11) is 0. The fourth-order valence-electron chi connectivity index (χ4n) is 4.05. The van der Waals surface area contributed by atoms with E-state index in [2.05, 4.69) is 14.9 Å².